The molecule has 21 heavy (non-hydrogen) atoms. The molecule has 1 saturated heterocycles. The number of carbonyl (C=O) groups is 2. The molecule has 1 aliphatic heterocycles. The van der Waals surface area contributed by atoms with Crippen LogP contribution in [-0.4, -0.2) is 34.5 Å². The van der Waals surface area contributed by atoms with E-state index in [4.69, 9.17) is 0 Å². The van der Waals surface area contributed by atoms with Crippen molar-refractivity contribution in [1.82, 2.24) is 4.90 Å². The molecule has 4 heteroatoms. The smallest absolute Gasteiger partial charge is 0.240 e. The minimum Gasteiger partial charge on any atom is -0.391 e. The third kappa shape index (κ3) is 3.16. The molecule has 0 saturated carbocycles. The normalized spacial score (nSPS) is 24.0. The number of rotatable bonds is 5. The molecule has 1 heterocycles. The minimum atomic E-state index is -0.810. The number of carbonyl (C=O) groups excluding carboxylic acids is 2. The van der Waals surface area contributed by atoms with Crippen molar-refractivity contribution in [1.29, 1.82) is 0 Å². The standard InChI is InChI=1S/C17H23NO3/c1-12(2)9-14(19)11-18-15(20)10-17(3,16(18)21)13-7-5-4-6-8-13/h4-8,12,14,19H,9-11H2,1-3H3. The highest BCUT2D eigenvalue weighted by Gasteiger charge is 2.49. The maximum Gasteiger partial charge on any atom is 0.240 e. The zero-order valence-corrected chi connectivity index (χ0v) is 12.9. The van der Waals surface area contributed by atoms with Crippen molar-refractivity contribution in [3.63, 3.8) is 0 Å². The van der Waals surface area contributed by atoms with Gasteiger partial charge in [0.15, 0.2) is 0 Å². The molecule has 0 bridgehead atoms. The number of aliphatic hydroxyl groups is 1. The van der Waals surface area contributed by atoms with Gasteiger partial charge < -0.3 is 5.11 Å². The van der Waals surface area contributed by atoms with E-state index in [9.17, 15) is 14.7 Å². The Morgan fingerprint density at radius 1 is 1.24 bits per heavy atom. The van der Waals surface area contributed by atoms with Crippen LogP contribution < -0.4 is 0 Å². The summed E-state index contributed by atoms with van der Waals surface area (Å²) in [6, 6.07) is 9.37. The Balaban J connectivity index is 2.17. The molecule has 2 unspecified atom stereocenters. The summed E-state index contributed by atoms with van der Waals surface area (Å²) in [5.41, 5.74) is 0.0415. The minimum absolute atomic E-state index is 0.0955. The Hall–Kier alpha value is -1.68. The first-order valence-corrected chi connectivity index (χ1v) is 7.43. The molecule has 0 aromatic heterocycles. The SMILES string of the molecule is CC(C)CC(O)CN1C(=O)CC(C)(c2ccccc2)C1=O. The van der Waals surface area contributed by atoms with Gasteiger partial charge >= 0.3 is 0 Å². The maximum atomic E-state index is 12.7. The van der Waals surface area contributed by atoms with Gasteiger partial charge in [0.05, 0.1) is 18.1 Å². The molecule has 1 aromatic rings. The molecule has 1 aromatic carbocycles. The Morgan fingerprint density at radius 3 is 2.43 bits per heavy atom. The molecule has 2 atom stereocenters. The van der Waals surface area contributed by atoms with Crippen molar-refractivity contribution in [2.24, 2.45) is 5.92 Å². The number of β-amino-alcohol motifs (C(OH)–C–C–N with tert-alkyl or cyclic N) is 1. The topological polar surface area (TPSA) is 57.6 Å². The first-order valence-electron chi connectivity index (χ1n) is 7.43. The lowest BCUT2D eigenvalue weighted by molar-refractivity contribution is -0.141. The molecule has 1 aliphatic rings. The number of likely N-dealkylation sites (tertiary alicyclic amines) is 1. The van der Waals surface area contributed by atoms with Crippen LogP contribution in [0.5, 0.6) is 0 Å². The highest BCUT2D eigenvalue weighted by atomic mass is 16.3. The molecule has 2 rings (SSSR count). The average molecular weight is 289 g/mol. The molecule has 0 radical (unpaired) electrons. The van der Waals surface area contributed by atoms with Crippen LogP contribution in [0.1, 0.15) is 39.2 Å². The molecular weight excluding hydrogens is 266 g/mol. The summed E-state index contributed by atoms with van der Waals surface area (Å²) in [5, 5.41) is 10.0. The zero-order chi connectivity index (χ0) is 15.6. The Morgan fingerprint density at radius 2 is 1.86 bits per heavy atom. The van der Waals surface area contributed by atoms with E-state index in [1.165, 1.54) is 4.90 Å². The van der Waals surface area contributed by atoms with Crippen LogP contribution in [0.25, 0.3) is 0 Å². The van der Waals surface area contributed by atoms with Crippen molar-refractivity contribution in [3.05, 3.63) is 35.9 Å². The van der Waals surface area contributed by atoms with E-state index >= 15 is 0 Å². The molecule has 114 valence electrons. The second kappa shape index (κ2) is 5.98. The number of aliphatic hydroxyl groups excluding tert-OH is 1. The third-order valence-corrected chi connectivity index (χ3v) is 4.07. The zero-order valence-electron chi connectivity index (χ0n) is 12.9. The van der Waals surface area contributed by atoms with Crippen LogP contribution in [-0.2, 0) is 15.0 Å². The summed E-state index contributed by atoms with van der Waals surface area (Å²) in [5.74, 6) is -0.0796. The van der Waals surface area contributed by atoms with E-state index in [0.717, 1.165) is 5.56 Å². The van der Waals surface area contributed by atoms with E-state index < -0.39 is 11.5 Å². The Labute approximate surface area is 125 Å². The Bertz CT molecular complexity index is 526. The third-order valence-electron chi connectivity index (χ3n) is 4.07. The van der Waals surface area contributed by atoms with Crippen molar-refractivity contribution in [2.75, 3.05) is 6.54 Å². The van der Waals surface area contributed by atoms with Crippen molar-refractivity contribution in [2.45, 2.75) is 45.1 Å². The first-order chi connectivity index (χ1) is 9.84. The first kappa shape index (κ1) is 15.7. The van der Waals surface area contributed by atoms with E-state index in [1.54, 1.807) is 6.92 Å². The molecule has 1 fully saturated rings. The fraction of sp³-hybridized carbons (Fsp3) is 0.529. The summed E-state index contributed by atoms with van der Waals surface area (Å²) in [4.78, 5) is 26.1. The van der Waals surface area contributed by atoms with E-state index in [-0.39, 0.29) is 24.8 Å². The predicted octanol–water partition coefficient (Wildman–Crippen LogP) is 2.11. The van der Waals surface area contributed by atoms with Gasteiger partial charge in [-0.1, -0.05) is 44.2 Å². The fourth-order valence-electron chi connectivity index (χ4n) is 2.93. The Kier molecular flexibility index (Phi) is 4.47. The summed E-state index contributed by atoms with van der Waals surface area (Å²) in [7, 11) is 0. The van der Waals surface area contributed by atoms with Crippen molar-refractivity contribution >= 4 is 11.8 Å². The summed E-state index contributed by atoms with van der Waals surface area (Å²) in [6.07, 6.45) is 0.0969. The van der Waals surface area contributed by atoms with Crippen LogP contribution in [0, 0.1) is 5.92 Å². The predicted molar refractivity (Wildman–Crippen MR) is 80.6 cm³/mol. The average Bonchev–Trinajstić information content (AvgIpc) is 2.64. The highest BCUT2D eigenvalue weighted by Crippen LogP contribution is 2.36. The lowest BCUT2D eigenvalue weighted by atomic mass is 9.81. The number of hydrogen-bond donors (Lipinski definition) is 1. The number of amides is 2. The van der Waals surface area contributed by atoms with Gasteiger partial charge in [0, 0.05) is 6.42 Å². The lowest BCUT2D eigenvalue weighted by Gasteiger charge is -2.24. The van der Waals surface area contributed by atoms with Crippen LogP contribution in [0.3, 0.4) is 0 Å². The van der Waals surface area contributed by atoms with Crippen molar-refractivity contribution in [3.8, 4) is 0 Å². The second-order valence-corrected chi connectivity index (χ2v) is 6.47. The van der Waals surface area contributed by atoms with E-state index in [0.29, 0.717) is 12.3 Å². The van der Waals surface area contributed by atoms with Crippen LogP contribution in [0.4, 0.5) is 0 Å². The molecule has 4 nitrogen and oxygen atoms in total. The second-order valence-electron chi connectivity index (χ2n) is 6.47. The molecule has 0 aliphatic carbocycles. The highest BCUT2D eigenvalue weighted by molar-refractivity contribution is 6.08. The summed E-state index contributed by atoms with van der Waals surface area (Å²) >= 11 is 0. The van der Waals surface area contributed by atoms with Gasteiger partial charge in [0.1, 0.15) is 0 Å². The van der Waals surface area contributed by atoms with Gasteiger partial charge in [-0.15, -0.1) is 0 Å². The number of imide groups is 1. The van der Waals surface area contributed by atoms with Gasteiger partial charge in [0.2, 0.25) is 11.8 Å². The number of nitrogens with zero attached hydrogens (tertiary/aromatic N) is 1. The monoisotopic (exact) mass is 289 g/mol. The fourth-order valence-corrected chi connectivity index (χ4v) is 2.93. The van der Waals surface area contributed by atoms with Gasteiger partial charge in [-0.25, -0.2) is 0 Å². The molecule has 1 N–H and O–H groups in total. The largest absolute Gasteiger partial charge is 0.391 e. The summed E-state index contributed by atoms with van der Waals surface area (Å²) in [6.45, 7) is 5.91. The summed E-state index contributed by atoms with van der Waals surface area (Å²) < 4.78 is 0. The number of hydrogen-bond acceptors (Lipinski definition) is 3. The maximum absolute atomic E-state index is 12.7. The van der Waals surface area contributed by atoms with Crippen LogP contribution in [0.2, 0.25) is 0 Å². The van der Waals surface area contributed by atoms with E-state index in [1.807, 2.05) is 44.2 Å². The molecular formula is C17H23NO3. The molecule has 0 spiro atoms. The van der Waals surface area contributed by atoms with Gasteiger partial charge in [-0.2, -0.15) is 0 Å². The molecule has 2 amide bonds. The van der Waals surface area contributed by atoms with Gasteiger partial charge in [-0.05, 0) is 24.8 Å². The van der Waals surface area contributed by atoms with Crippen LogP contribution >= 0.6 is 0 Å². The van der Waals surface area contributed by atoms with Crippen LogP contribution in [0.15, 0.2) is 30.3 Å². The number of benzene rings is 1. The van der Waals surface area contributed by atoms with E-state index in [2.05, 4.69) is 0 Å². The quantitative estimate of drug-likeness (QED) is 0.845. The van der Waals surface area contributed by atoms with Crippen molar-refractivity contribution < 1.29 is 14.7 Å². The lowest BCUT2D eigenvalue weighted by Crippen LogP contribution is -2.41. The van der Waals surface area contributed by atoms with Gasteiger partial charge in [-0.3, -0.25) is 14.5 Å². The van der Waals surface area contributed by atoms with Gasteiger partial charge in [0.25, 0.3) is 0 Å².